The molecule has 6 bridgehead atoms. The van der Waals surface area contributed by atoms with Crippen LogP contribution < -0.4 is 0 Å². The molecule has 0 saturated heterocycles. The molecule has 20 heteroatoms. The second-order valence-corrected chi connectivity index (χ2v) is 35.4. The van der Waals surface area contributed by atoms with Crippen LogP contribution in [0.25, 0.3) is 0 Å². The summed E-state index contributed by atoms with van der Waals surface area (Å²) >= 11 is 0. The van der Waals surface area contributed by atoms with Crippen LogP contribution in [-0.2, 0) is 85.8 Å². The van der Waals surface area contributed by atoms with Gasteiger partial charge in [-0.2, -0.15) is 0 Å². The van der Waals surface area contributed by atoms with Crippen LogP contribution in [-0.4, -0.2) is 134 Å². The summed E-state index contributed by atoms with van der Waals surface area (Å²) in [6.45, 7) is 60.5. The van der Waals surface area contributed by atoms with Gasteiger partial charge in [-0.25, -0.2) is 28.8 Å². The van der Waals surface area contributed by atoms with Crippen molar-refractivity contribution in [1.29, 1.82) is 0 Å². The fourth-order valence-electron chi connectivity index (χ4n) is 16.3. The molecule has 4 unspecified atom stereocenters. The molecule has 120 heavy (non-hydrogen) atoms. The largest absolute Gasteiger partial charge is 0.502 e. The van der Waals surface area contributed by atoms with Crippen LogP contribution in [0, 0.1) is 45.8 Å². The summed E-state index contributed by atoms with van der Waals surface area (Å²) in [4.78, 5) is 113. The van der Waals surface area contributed by atoms with Gasteiger partial charge in [-0.15, -0.1) is 0 Å². The topological polar surface area (TPSA) is 251 Å². The number of amides is 4. The highest BCUT2D eigenvalue weighted by atomic mass is 16.6. The van der Waals surface area contributed by atoms with Crippen molar-refractivity contribution in [3.63, 3.8) is 0 Å². The summed E-state index contributed by atoms with van der Waals surface area (Å²) in [6, 6.07) is 0. The Morgan fingerprint density at radius 2 is 0.817 bits per heavy atom. The lowest BCUT2D eigenvalue weighted by Crippen LogP contribution is -2.48. The Morgan fingerprint density at radius 3 is 1.14 bits per heavy atom. The molecule has 0 aromatic carbocycles. The first kappa shape index (κ1) is 112. The monoisotopic (exact) mass is 1680 g/mol. The Balaban J connectivity index is 0.00000136. The lowest BCUT2D eigenvalue weighted by molar-refractivity contribution is -0.152. The number of rotatable bonds is 50. The van der Waals surface area contributed by atoms with Crippen molar-refractivity contribution in [1.82, 2.24) is 9.80 Å². The number of hydrogen-bond acceptors (Lipinski definition) is 18. The van der Waals surface area contributed by atoms with Gasteiger partial charge in [0.25, 0.3) is 23.6 Å². The summed E-state index contributed by atoms with van der Waals surface area (Å²) in [5, 5.41) is 0. The Bertz CT molecular complexity index is 3130. The Hall–Kier alpha value is -7.90. The van der Waals surface area contributed by atoms with Gasteiger partial charge in [-0.3, -0.25) is 29.0 Å². The zero-order chi connectivity index (χ0) is 90.5. The molecule has 6 fully saturated rings. The number of unbranched alkanes of at least 4 members (excludes halogenated alkanes) is 22. The molecule has 6 aliphatic carbocycles. The van der Waals surface area contributed by atoms with Crippen molar-refractivity contribution in [2.75, 3.05) is 52.8 Å². The summed E-state index contributed by atoms with van der Waals surface area (Å²) < 4.78 is 41.0. The Morgan fingerprint density at radius 1 is 0.458 bits per heavy atom. The molecule has 2 heterocycles. The molecule has 8 aliphatic rings. The molecule has 2 aliphatic heterocycles. The third kappa shape index (κ3) is 48.1. The summed E-state index contributed by atoms with van der Waals surface area (Å²) in [5.41, 5.74) is 2.37. The van der Waals surface area contributed by atoms with E-state index in [4.69, 9.17) is 37.9 Å². The van der Waals surface area contributed by atoms with E-state index < -0.39 is 5.54 Å². The lowest BCUT2D eigenvalue weighted by atomic mass is 9.50. The zero-order valence-electron chi connectivity index (χ0n) is 77.5. The first-order valence-electron chi connectivity index (χ1n) is 45.4. The minimum atomic E-state index is -0.405. The number of ether oxygens (including phenoxy) is 8. The van der Waals surface area contributed by atoms with Crippen molar-refractivity contribution in [3.8, 4) is 0 Å². The molecule has 4 amide bonds. The Kier molecular flexibility index (Phi) is 60.6. The van der Waals surface area contributed by atoms with Crippen molar-refractivity contribution in [2.24, 2.45) is 45.8 Å². The standard InChI is InChI=1S/C18H32O3.C16H30O2.C15H22O2.C14H22O2.C11H18O3.C11H20O2.C8H11NO2.C7H9NO2/c1-4-20-15-13-11-9-7-5-6-8-10-12-14-16-21-18(19)17(2)3;1-4-5-6-7-8-9-10-11-12-13-14-18-16(17)15(2)3;1-10(2)14(16)17-9-15-6-11-3-12(7-15)5-13(4-11)8-15;1-9(2)12(15)16-11-8-10-6-7-14(11,5)13(10,3)4;1-3-11(12)14-10-8-6-5-7-9-13-4-2;1-4-7-8-10(5-2)9-13-11(12)6-3;1-8(2,3)9-6(10)4-5-7(9)11;1-2-5-8-6(9)3-4-7(8)10/h4H,1-2,5-16H2,3H3;2,4-14H2,1,3H3;11-13H,1,3-9H2,2H3;10-11H,1,6-8H2,2-5H3;3-4H,1-2,5-10H2;6,10H,3-5,7-9H2,1-2H3;4-5H,1-3H3;3-4H,2,5H2,1H3. The maximum Gasteiger partial charge on any atom is 0.333 e. The molecule has 6 saturated carbocycles. The molecular weight excluding hydrogens is 1520 g/mol. The van der Waals surface area contributed by atoms with Gasteiger partial charge >= 0.3 is 35.8 Å². The van der Waals surface area contributed by atoms with E-state index >= 15 is 0 Å². The second-order valence-electron chi connectivity index (χ2n) is 35.4. The van der Waals surface area contributed by atoms with Crippen LogP contribution in [0.3, 0.4) is 0 Å². The van der Waals surface area contributed by atoms with E-state index in [1.54, 1.807) is 27.7 Å². The van der Waals surface area contributed by atoms with Crippen LogP contribution in [0.15, 0.2) is 124 Å². The highest BCUT2D eigenvalue weighted by molar-refractivity contribution is 6.13. The average molecular weight is 1680 g/mol. The minimum absolute atomic E-state index is 0.0884. The lowest BCUT2D eigenvalue weighted by Gasteiger charge is -2.56. The molecule has 0 N–H and O–H groups in total. The van der Waals surface area contributed by atoms with Gasteiger partial charge in [-0.05, 0) is 199 Å². The maximum absolute atomic E-state index is 11.6. The maximum atomic E-state index is 11.6. The van der Waals surface area contributed by atoms with Crippen molar-refractivity contribution in [3.05, 3.63) is 124 Å². The minimum Gasteiger partial charge on any atom is -0.502 e. The zero-order valence-corrected chi connectivity index (χ0v) is 77.5. The van der Waals surface area contributed by atoms with Gasteiger partial charge in [0.1, 0.15) is 6.10 Å². The van der Waals surface area contributed by atoms with Crippen LogP contribution >= 0.6 is 0 Å². The van der Waals surface area contributed by atoms with Gasteiger partial charge in [-0.1, -0.05) is 230 Å². The van der Waals surface area contributed by atoms with E-state index in [9.17, 15) is 47.9 Å². The predicted octanol–water partition coefficient (Wildman–Crippen LogP) is 23.2. The normalized spacial score (nSPS) is 20.1. The number of carbonyl (C=O) groups is 10. The van der Waals surface area contributed by atoms with E-state index in [-0.39, 0.29) is 71.0 Å². The summed E-state index contributed by atoms with van der Waals surface area (Å²) in [6.07, 6.45) is 57.1. The SMILES string of the molecule is C=C(C)C(=O)OC1CC2CCC1(C)C2(C)C.C=C(C)C(=O)OCC12CC3CC(CC(C3)C1)C2.C=C(C)C(=O)OCCCCCCCCCCCC.C=CC(=O)OCC(CC)CCCC.C=COCCCCCCCCCCCCOC(=O)C(=C)C.C=COCCCCCCOC(=O)C=C.CC(C)(C)N1C(=O)C=CC1=O.CCCN1C(=O)C=CC1=O. The number of carbonyl (C=O) groups excluding carboxylic acids is 10. The number of imide groups is 2. The average Bonchev–Trinajstić information content (AvgIpc) is 1.57. The molecule has 20 nitrogen and oxygen atoms in total. The number of nitrogens with zero attached hydrogens (tertiary/aromatic N) is 2. The van der Waals surface area contributed by atoms with E-state index in [0.29, 0.717) is 84.5 Å². The number of esters is 6. The van der Waals surface area contributed by atoms with Crippen molar-refractivity contribution in [2.45, 2.75) is 353 Å². The first-order chi connectivity index (χ1) is 56.9. The van der Waals surface area contributed by atoms with Crippen LogP contribution in [0.1, 0.15) is 341 Å². The van der Waals surface area contributed by atoms with E-state index in [1.807, 2.05) is 27.7 Å². The predicted molar refractivity (Wildman–Crippen MR) is 483 cm³/mol. The summed E-state index contributed by atoms with van der Waals surface area (Å²) in [5.74, 6) is 1.55. The van der Waals surface area contributed by atoms with Crippen LogP contribution in [0.5, 0.6) is 0 Å². The summed E-state index contributed by atoms with van der Waals surface area (Å²) in [7, 11) is 0. The van der Waals surface area contributed by atoms with Gasteiger partial charge in [0, 0.05) is 81.7 Å². The smallest absolute Gasteiger partial charge is 0.333 e. The van der Waals surface area contributed by atoms with E-state index in [2.05, 4.69) is 94.2 Å². The highest BCUT2D eigenvalue weighted by Gasteiger charge is 2.63. The van der Waals surface area contributed by atoms with Crippen LogP contribution in [0.2, 0.25) is 0 Å². The third-order valence-corrected chi connectivity index (χ3v) is 23.5. The second kappa shape index (κ2) is 64.9. The van der Waals surface area contributed by atoms with Gasteiger partial charge in [0.05, 0.1) is 58.8 Å². The number of hydrogen-bond donors (Lipinski definition) is 0. The fourth-order valence-corrected chi connectivity index (χ4v) is 16.3. The highest BCUT2D eigenvalue weighted by Crippen LogP contribution is 2.66. The van der Waals surface area contributed by atoms with Gasteiger partial charge in [0.2, 0.25) is 0 Å². The molecule has 0 aromatic rings. The van der Waals surface area contributed by atoms with Crippen LogP contribution in [0.4, 0.5) is 0 Å². The van der Waals surface area contributed by atoms with Gasteiger partial charge in [0.15, 0.2) is 0 Å². The van der Waals surface area contributed by atoms with Crippen molar-refractivity contribution < 1.29 is 85.8 Å². The molecular formula is C100H164N2O18. The molecule has 8 rings (SSSR count). The molecule has 682 valence electrons. The molecule has 0 radical (unpaired) electrons. The first-order valence-corrected chi connectivity index (χ1v) is 45.4. The Labute approximate surface area is 726 Å². The quantitative estimate of drug-likeness (QED) is 0.0137. The molecule has 4 atom stereocenters. The number of fused-ring (bicyclic) bond motifs is 2. The molecule has 0 aromatic heterocycles. The van der Waals surface area contributed by atoms with Crippen molar-refractivity contribution >= 4 is 59.4 Å². The fraction of sp³-hybridized carbons (Fsp3) is 0.700. The third-order valence-electron chi connectivity index (χ3n) is 23.5. The van der Waals surface area contributed by atoms with E-state index in [0.717, 1.165) is 108 Å². The molecule has 0 spiro atoms. The van der Waals surface area contributed by atoms with Gasteiger partial charge < -0.3 is 37.9 Å². The van der Waals surface area contributed by atoms with E-state index in [1.165, 1.54) is 226 Å².